The lowest BCUT2D eigenvalue weighted by Gasteiger charge is -2.11. The van der Waals surface area contributed by atoms with Crippen molar-refractivity contribution >= 4 is 75.1 Å². The number of benzene rings is 8. The Hall–Kier alpha value is -6.42. The first-order valence-electron chi connectivity index (χ1n) is 17.4. The number of rotatable bonds is 4. The van der Waals surface area contributed by atoms with E-state index in [4.69, 9.17) is 0 Å². The highest BCUT2D eigenvalue weighted by molar-refractivity contribution is 7.25. The molecule has 0 unspecified atom stereocenters. The monoisotopic (exact) mass is 666 g/mol. The summed E-state index contributed by atoms with van der Waals surface area (Å²) in [4.78, 5) is 0. The number of para-hydroxylation sites is 2. The van der Waals surface area contributed by atoms with Gasteiger partial charge in [-0.3, -0.25) is 0 Å². The highest BCUT2D eigenvalue weighted by Gasteiger charge is 2.18. The van der Waals surface area contributed by atoms with E-state index < -0.39 is 0 Å². The Bertz CT molecular complexity index is 3100. The summed E-state index contributed by atoms with van der Waals surface area (Å²) in [7, 11) is 0. The maximum atomic E-state index is 2.43. The molecule has 0 fully saturated rings. The van der Waals surface area contributed by atoms with Crippen LogP contribution in [0.5, 0.6) is 0 Å². The molecule has 0 spiro atoms. The molecule has 0 aliphatic heterocycles. The molecule has 0 radical (unpaired) electrons. The summed E-state index contributed by atoms with van der Waals surface area (Å²) in [6.45, 7) is 0. The molecule has 0 atom stereocenters. The molecule has 0 bridgehead atoms. The van der Waals surface area contributed by atoms with E-state index in [2.05, 4.69) is 191 Å². The lowest BCUT2D eigenvalue weighted by molar-refractivity contribution is 1.16. The van der Waals surface area contributed by atoms with Gasteiger partial charge < -0.3 is 9.13 Å². The van der Waals surface area contributed by atoms with Gasteiger partial charge >= 0.3 is 0 Å². The topological polar surface area (TPSA) is 9.86 Å². The molecular weight excluding hydrogens is 637 g/mol. The standard InChI is InChI=1S/C48H30N2S/c1-2-10-31(11-3-1)32-18-23-35(24-19-32)49-43-15-7-4-12-37(43)41-29-42-38-13-5-8-16-44(38)50(46(42)30-45(41)49)36-25-20-33(21-26-36)34-22-27-40-39-14-6-9-17-47(39)51-48(40)28-34/h1-30H. The molecule has 0 saturated heterocycles. The van der Waals surface area contributed by atoms with E-state index in [0.717, 1.165) is 11.4 Å². The van der Waals surface area contributed by atoms with Gasteiger partial charge in [-0.15, -0.1) is 11.3 Å². The van der Waals surface area contributed by atoms with Crippen LogP contribution in [0.4, 0.5) is 0 Å². The van der Waals surface area contributed by atoms with Crippen molar-refractivity contribution in [2.75, 3.05) is 0 Å². The molecule has 0 N–H and O–H groups in total. The van der Waals surface area contributed by atoms with Crippen LogP contribution < -0.4 is 0 Å². The summed E-state index contributed by atoms with van der Waals surface area (Å²) in [6, 6.07) is 66.7. The predicted molar refractivity (Wildman–Crippen MR) is 219 cm³/mol. The molecule has 0 aliphatic carbocycles. The minimum atomic E-state index is 1.15. The predicted octanol–water partition coefficient (Wildman–Crippen LogP) is 13.6. The fourth-order valence-electron chi connectivity index (χ4n) is 8.13. The van der Waals surface area contributed by atoms with Crippen molar-refractivity contribution in [1.82, 2.24) is 9.13 Å². The van der Waals surface area contributed by atoms with E-state index in [1.807, 2.05) is 11.3 Å². The van der Waals surface area contributed by atoms with Crippen LogP contribution in [0.2, 0.25) is 0 Å². The van der Waals surface area contributed by atoms with E-state index in [-0.39, 0.29) is 0 Å². The van der Waals surface area contributed by atoms with E-state index in [1.54, 1.807) is 0 Å². The van der Waals surface area contributed by atoms with Crippen molar-refractivity contribution in [3.8, 4) is 33.6 Å². The fourth-order valence-corrected chi connectivity index (χ4v) is 9.27. The molecule has 8 aromatic carbocycles. The maximum Gasteiger partial charge on any atom is 0.0562 e. The third kappa shape index (κ3) is 4.35. The van der Waals surface area contributed by atoms with Crippen LogP contribution in [0, 0.1) is 0 Å². The highest BCUT2D eigenvalue weighted by Crippen LogP contribution is 2.41. The SMILES string of the molecule is c1ccc(-c2ccc(-n3c4ccccc4c4cc5c6ccccc6n(-c6ccc(-c7ccc8c(c7)sc7ccccc78)cc6)c5cc43)cc2)cc1. The fraction of sp³-hybridized carbons (Fsp3) is 0. The van der Waals surface area contributed by atoms with Crippen LogP contribution in [0.25, 0.3) is 97.4 Å². The van der Waals surface area contributed by atoms with Gasteiger partial charge in [0.25, 0.3) is 0 Å². The molecule has 11 rings (SSSR count). The van der Waals surface area contributed by atoms with Crippen molar-refractivity contribution in [3.05, 3.63) is 182 Å². The van der Waals surface area contributed by atoms with Gasteiger partial charge in [-0.25, -0.2) is 0 Å². The zero-order valence-electron chi connectivity index (χ0n) is 27.6. The number of aromatic nitrogens is 2. The molecule has 11 aromatic rings. The smallest absolute Gasteiger partial charge is 0.0562 e. The summed E-state index contributed by atoms with van der Waals surface area (Å²) in [5.74, 6) is 0. The second-order valence-corrected chi connectivity index (χ2v) is 14.4. The summed E-state index contributed by atoms with van der Waals surface area (Å²) in [6.07, 6.45) is 0. The van der Waals surface area contributed by atoms with Gasteiger partial charge in [0.2, 0.25) is 0 Å². The summed E-state index contributed by atoms with van der Waals surface area (Å²) in [5, 5.41) is 7.72. The molecular formula is C48H30N2S. The third-order valence-electron chi connectivity index (χ3n) is 10.5. The molecule has 51 heavy (non-hydrogen) atoms. The number of hydrogen-bond donors (Lipinski definition) is 0. The van der Waals surface area contributed by atoms with Crippen molar-refractivity contribution in [3.63, 3.8) is 0 Å². The van der Waals surface area contributed by atoms with Crippen molar-refractivity contribution < 1.29 is 0 Å². The highest BCUT2D eigenvalue weighted by atomic mass is 32.1. The average molecular weight is 667 g/mol. The summed E-state index contributed by atoms with van der Waals surface area (Å²) in [5.41, 5.74) is 12.0. The lowest BCUT2D eigenvalue weighted by Crippen LogP contribution is -1.96. The van der Waals surface area contributed by atoms with Crippen molar-refractivity contribution in [2.45, 2.75) is 0 Å². The molecule has 3 heterocycles. The quantitative estimate of drug-likeness (QED) is 0.177. The van der Waals surface area contributed by atoms with Crippen molar-refractivity contribution in [1.29, 1.82) is 0 Å². The Balaban J connectivity index is 1.09. The van der Waals surface area contributed by atoms with Crippen LogP contribution in [0.15, 0.2) is 182 Å². The second kappa shape index (κ2) is 11.0. The maximum absolute atomic E-state index is 2.43. The van der Waals surface area contributed by atoms with Gasteiger partial charge in [0.15, 0.2) is 0 Å². The number of fused-ring (bicyclic) bond motifs is 9. The van der Waals surface area contributed by atoms with E-state index in [1.165, 1.54) is 86.0 Å². The molecule has 238 valence electrons. The Morgan fingerprint density at radius 1 is 0.275 bits per heavy atom. The molecule has 2 nitrogen and oxygen atoms in total. The second-order valence-electron chi connectivity index (χ2n) is 13.4. The van der Waals surface area contributed by atoms with Gasteiger partial charge in [-0.1, -0.05) is 121 Å². The summed E-state index contributed by atoms with van der Waals surface area (Å²) >= 11 is 1.87. The van der Waals surface area contributed by atoms with Crippen molar-refractivity contribution in [2.24, 2.45) is 0 Å². The Kier molecular flexibility index (Phi) is 6.16. The first-order chi connectivity index (χ1) is 25.3. The zero-order chi connectivity index (χ0) is 33.5. The largest absolute Gasteiger partial charge is 0.309 e. The number of thiophene rings is 1. The zero-order valence-corrected chi connectivity index (χ0v) is 28.4. The first-order valence-corrected chi connectivity index (χ1v) is 18.2. The van der Waals surface area contributed by atoms with E-state index in [9.17, 15) is 0 Å². The van der Waals surface area contributed by atoms with Crippen LogP contribution in [-0.2, 0) is 0 Å². The Morgan fingerprint density at radius 3 is 1.37 bits per heavy atom. The minimum absolute atomic E-state index is 1.15. The Morgan fingerprint density at radius 2 is 0.745 bits per heavy atom. The van der Waals surface area contributed by atoms with Crippen LogP contribution in [0.3, 0.4) is 0 Å². The van der Waals surface area contributed by atoms with Gasteiger partial charge in [0, 0.05) is 53.1 Å². The van der Waals surface area contributed by atoms with E-state index >= 15 is 0 Å². The molecule has 0 aliphatic rings. The first kappa shape index (κ1) is 28.4. The molecule has 3 aromatic heterocycles. The number of hydrogen-bond acceptors (Lipinski definition) is 1. The molecule has 0 amide bonds. The van der Waals surface area contributed by atoms with Gasteiger partial charge in [0.1, 0.15) is 0 Å². The lowest BCUT2D eigenvalue weighted by atomic mass is 10.0. The third-order valence-corrected chi connectivity index (χ3v) is 11.7. The summed E-state index contributed by atoms with van der Waals surface area (Å²) < 4.78 is 7.52. The van der Waals surface area contributed by atoms with Crippen LogP contribution >= 0.6 is 11.3 Å². The van der Waals surface area contributed by atoms with Gasteiger partial charge in [-0.05, 0) is 82.9 Å². The van der Waals surface area contributed by atoms with Crippen LogP contribution in [0.1, 0.15) is 0 Å². The number of nitrogens with zero attached hydrogens (tertiary/aromatic N) is 2. The molecule has 3 heteroatoms. The normalized spacial score (nSPS) is 11.9. The molecule has 0 saturated carbocycles. The Labute approximate surface area is 298 Å². The minimum Gasteiger partial charge on any atom is -0.309 e. The van der Waals surface area contributed by atoms with Gasteiger partial charge in [0.05, 0.1) is 22.1 Å². The van der Waals surface area contributed by atoms with Crippen LogP contribution in [-0.4, -0.2) is 9.13 Å². The van der Waals surface area contributed by atoms with E-state index in [0.29, 0.717) is 0 Å². The van der Waals surface area contributed by atoms with Gasteiger partial charge in [-0.2, -0.15) is 0 Å². The average Bonchev–Trinajstić information content (AvgIpc) is 3.84.